The molecule has 0 fully saturated rings. The number of unbranched alkanes of at least 4 members (excludes halogenated alkanes) is 2. The zero-order valence-electron chi connectivity index (χ0n) is 10.8. The normalized spacial score (nSPS) is 10.4. The average molecular weight is 254 g/mol. The molecule has 0 heterocycles. The molecule has 3 heteroatoms. The smallest absolute Gasteiger partial charge is 0.298 e. The van der Waals surface area contributed by atoms with Gasteiger partial charge in [0.15, 0.2) is 0 Å². The van der Waals surface area contributed by atoms with Crippen LogP contribution in [0, 0.1) is 13.8 Å². The monoisotopic (exact) mass is 253 g/mol. The Hall–Kier alpha value is -1.02. The first-order valence-corrected chi connectivity index (χ1v) is 6.49. The van der Waals surface area contributed by atoms with Crippen LogP contribution in [0.1, 0.15) is 37.3 Å². The molecule has 0 atom stereocenters. The van der Waals surface area contributed by atoms with Gasteiger partial charge in [-0.05, 0) is 43.0 Å². The second-order valence-electron chi connectivity index (χ2n) is 4.35. The van der Waals surface area contributed by atoms with E-state index < -0.39 is 5.37 Å². The van der Waals surface area contributed by atoms with Crippen molar-refractivity contribution in [2.75, 3.05) is 11.4 Å². The van der Waals surface area contributed by atoms with E-state index in [9.17, 15) is 4.79 Å². The number of amides is 1. The largest absolute Gasteiger partial charge is 0.320 e. The van der Waals surface area contributed by atoms with Crippen LogP contribution in [0.3, 0.4) is 0 Å². The van der Waals surface area contributed by atoms with Gasteiger partial charge in [-0.3, -0.25) is 9.69 Å². The van der Waals surface area contributed by atoms with E-state index in [0.29, 0.717) is 6.54 Å². The Morgan fingerprint density at radius 2 is 1.82 bits per heavy atom. The fourth-order valence-electron chi connectivity index (χ4n) is 2.04. The fourth-order valence-corrected chi connectivity index (χ4v) is 2.21. The van der Waals surface area contributed by atoms with Crippen molar-refractivity contribution in [1.29, 1.82) is 0 Å². The van der Waals surface area contributed by atoms with Crippen molar-refractivity contribution >= 4 is 22.7 Å². The molecule has 0 aromatic heterocycles. The molecule has 0 saturated carbocycles. The lowest BCUT2D eigenvalue weighted by atomic mass is 10.1. The number of carbonyl (C=O) groups excluding carboxylic acids is 1. The summed E-state index contributed by atoms with van der Waals surface area (Å²) >= 11 is 5.69. The summed E-state index contributed by atoms with van der Waals surface area (Å²) in [6.07, 6.45) is 3.24. The van der Waals surface area contributed by atoms with E-state index in [1.54, 1.807) is 4.90 Å². The first-order chi connectivity index (χ1) is 8.07. The van der Waals surface area contributed by atoms with Gasteiger partial charge in [-0.15, -0.1) is 0 Å². The summed E-state index contributed by atoms with van der Waals surface area (Å²) < 4.78 is 0. The lowest BCUT2D eigenvalue weighted by molar-refractivity contribution is 0.264. The third kappa shape index (κ3) is 3.74. The van der Waals surface area contributed by atoms with E-state index in [1.807, 2.05) is 32.0 Å². The Morgan fingerprint density at radius 1 is 1.24 bits per heavy atom. The Labute approximate surface area is 109 Å². The number of rotatable bonds is 5. The van der Waals surface area contributed by atoms with Crippen LogP contribution in [0.4, 0.5) is 10.5 Å². The van der Waals surface area contributed by atoms with E-state index >= 15 is 0 Å². The molecule has 1 rings (SSSR count). The highest BCUT2D eigenvalue weighted by atomic mass is 35.5. The Bertz CT molecular complexity index is 370. The SMILES string of the molecule is CCCCCN(C(=O)Cl)c1c(C)cccc1C. The van der Waals surface area contributed by atoms with Gasteiger partial charge in [0, 0.05) is 6.54 Å². The van der Waals surface area contributed by atoms with Gasteiger partial charge in [-0.25, -0.2) is 0 Å². The topological polar surface area (TPSA) is 20.3 Å². The number of hydrogen-bond acceptors (Lipinski definition) is 1. The van der Waals surface area contributed by atoms with E-state index in [1.165, 1.54) is 0 Å². The van der Waals surface area contributed by atoms with Crippen LogP contribution >= 0.6 is 11.6 Å². The molecule has 1 aromatic carbocycles. The maximum absolute atomic E-state index is 11.5. The van der Waals surface area contributed by atoms with Crippen LogP contribution in [0.2, 0.25) is 0 Å². The first-order valence-electron chi connectivity index (χ1n) is 6.11. The molecule has 0 unspecified atom stereocenters. The van der Waals surface area contributed by atoms with Gasteiger partial charge in [0.1, 0.15) is 0 Å². The summed E-state index contributed by atoms with van der Waals surface area (Å²) in [4.78, 5) is 13.2. The quantitative estimate of drug-likeness (QED) is 0.425. The van der Waals surface area contributed by atoms with E-state index in [4.69, 9.17) is 11.6 Å². The average Bonchev–Trinajstić information content (AvgIpc) is 2.26. The summed E-state index contributed by atoms with van der Waals surface area (Å²) in [5.74, 6) is 0. The number of hydrogen-bond donors (Lipinski definition) is 0. The van der Waals surface area contributed by atoms with Crippen molar-refractivity contribution < 1.29 is 4.79 Å². The molecular formula is C14H20ClNO. The molecule has 0 N–H and O–H groups in total. The number of para-hydroxylation sites is 1. The van der Waals surface area contributed by atoms with Gasteiger partial charge < -0.3 is 0 Å². The van der Waals surface area contributed by atoms with Crippen LogP contribution in [0.5, 0.6) is 0 Å². The molecular weight excluding hydrogens is 234 g/mol. The standard InChI is InChI=1S/C14H20ClNO/c1-4-5-6-10-16(14(15)17)13-11(2)8-7-9-12(13)3/h7-9H,4-6,10H2,1-3H3. The number of nitrogens with zero attached hydrogens (tertiary/aromatic N) is 1. The molecule has 1 aromatic rings. The Balaban J connectivity index is 2.93. The molecule has 0 saturated heterocycles. The minimum atomic E-state index is -0.390. The van der Waals surface area contributed by atoms with Crippen molar-refractivity contribution in [2.45, 2.75) is 40.0 Å². The maximum atomic E-state index is 11.5. The second kappa shape index (κ2) is 6.65. The molecule has 17 heavy (non-hydrogen) atoms. The van der Waals surface area contributed by atoms with Gasteiger partial charge in [0.25, 0.3) is 0 Å². The summed E-state index contributed by atoms with van der Waals surface area (Å²) in [6, 6.07) is 6.01. The van der Waals surface area contributed by atoms with E-state index in [0.717, 1.165) is 36.1 Å². The molecule has 0 bridgehead atoms. The number of carbonyl (C=O) groups is 1. The third-order valence-corrected chi connectivity index (χ3v) is 3.11. The fraction of sp³-hybridized carbons (Fsp3) is 0.500. The van der Waals surface area contributed by atoms with Crippen molar-refractivity contribution in [3.8, 4) is 0 Å². The van der Waals surface area contributed by atoms with Gasteiger partial charge >= 0.3 is 5.37 Å². The molecule has 94 valence electrons. The lowest BCUT2D eigenvalue weighted by Crippen LogP contribution is -2.28. The molecule has 1 amide bonds. The predicted molar refractivity (Wildman–Crippen MR) is 74.0 cm³/mol. The number of anilines is 1. The van der Waals surface area contributed by atoms with Crippen LogP contribution in [0.15, 0.2) is 18.2 Å². The molecule has 0 spiro atoms. The zero-order valence-corrected chi connectivity index (χ0v) is 11.5. The highest BCUT2D eigenvalue weighted by molar-refractivity contribution is 6.66. The Kier molecular flexibility index (Phi) is 5.49. The zero-order chi connectivity index (χ0) is 12.8. The molecule has 2 nitrogen and oxygen atoms in total. The van der Waals surface area contributed by atoms with Crippen molar-refractivity contribution in [1.82, 2.24) is 0 Å². The predicted octanol–water partition coefficient (Wildman–Crippen LogP) is 4.66. The van der Waals surface area contributed by atoms with Gasteiger partial charge in [0.05, 0.1) is 5.69 Å². The minimum Gasteiger partial charge on any atom is -0.298 e. The molecule has 0 aliphatic carbocycles. The highest BCUT2D eigenvalue weighted by Crippen LogP contribution is 2.26. The Morgan fingerprint density at radius 3 is 2.29 bits per heavy atom. The summed E-state index contributed by atoms with van der Waals surface area (Å²) in [6.45, 7) is 6.86. The number of benzene rings is 1. The van der Waals surface area contributed by atoms with Crippen LogP contribution in [-0.4, -0.2) is 11.9 Å². The summed E-state index contributed by atoms with van der Waals surface area (Å²) in [7, 11) is 0. The second-order valence-corrected chi connectivity index (χ2v) is 4.68. The number of aryl methyl sites for hydroxylation is 2. The summed E-state index contributed by atoms with van der Waals surface area (Å²) in [5.41, 5.74) is 3.15. The van der Waals surface area contributed by atoms with E-state index in [-0.39, 0.29) is 0 Å². The summed E-state index contributed by atoms with van der Waals surface area (Å²) in [5, 5.41) is -0.390. The van der Waals surface area contributed by atoms with E-state index in [2.05, 4.69) is 6.92 Å². The molecule has 0 aliphatic heterocycles. The van der Waals surface area contributed by atoms with Gasteiger partial charge in [-0.2, -0.15) is 0 Å². The highest BCUT2D eigenvalue weighted by Gasteiger charge is 2.16. The van der Waals surface area contributed by atoms with Gasteiger partial charge in [-0.1, -0.05) is 38.0 Å². The van der Waals surface area contributed by atoms with Crippen LogP contribution in [-0.2, 0) is 0 Å². The lowest BCUT2D eigenvalue weighted by Gasteiger charge is -2.23. The number of halogens is 1. The maximum Gasteiger partial charge on any atom is 0.320 e. The van der Waals surface area contributed by atoms with Gasteiger partial charge in [0.2, 0.25) is 0 Å². The van der Waals surface area contributed by atoms with Crippen LogP contribution < -0.4 is 4.90 Å². The van der Waals surface area contributed by atoms with Crippen LogP contribution in [0.25, 0.3) is 0 Å². The minimum absolute atomic E-state index is 0.390. The third-order valence-electron chi connectivity index (χ3n) is 2.91. The van der Waals surface area contributed by atoms with Crippen molar-refractivity contribution in [3.63, 3.8) is 0 Å². The van der Waals surface area contributed by atoms with Crippen molar-refractivity contribution in [2.24, 2.45) is 0 Å². The van der Waals surface area contributed by atoms with Crippen molar-refractivity contribution in [3.05, 3.63) is 29.3 Å². The molecule has 0 aliphatic rings. The molecule has 0 radical (unpaired) electrons. The first kappa shape index (κ1) is 14.0.